The molecule has 3 aromatic rings. The summed E-state index contributed by atoms with van der Waals surface area (Å²) in [6.07, 6.45) is 7.01. The molecule has 0 unspecified atom stereocenters. The molecule has 3 heterocycles. The van der Waals surface area contributed by atoms with E-state index in [1.807, 2.05) is 34.7 Å². The average molecular weight is 474 g/mol. The third kappa shape index (κ3) is 4.10. The van der Waals surface area contributed by atoms with Crippen LogP contribution in [-0.4, -0.2) is 73.0 Å². The van der Waals surface area contributed by atoms with E-state index in [1.165, 1.54) is 18.4 Å². The molecule has 3 fully saturated rings. The van der Waals surface area contributed by atoms with Gasteiger partial charge in [-0.05, 0) is 74.3 Å². The van der Waals surface area contributed by atoms with Gasteiger partial charge in [-0.25, -0.2) is 4.98 Å². The molecule has 2 saturated carbocycles. The van der Waals surface area contributed by atoms with Crippen molar-refractivity contribution in [1.82, 2.24) is 24.3 Å². The van der Waals surface area contributed by atoms with Gasteiger partial charge in [0.05, 0.1) is 22.8 Å². The Labute approximate surface area is 204 Å². The minimum absolute atomic E-state index is 0.0186. The van der Waals surface area contributed by atoms with Crippen molar-refractivity contribution >= 4 is 22.8 Å². The van der Waals surface area contributed by atoms with Gasteiger partial charge in [0.15, 0.2) is 5.82 Å². The lowest BCUT2D eigenvalue weighted by Gasteiger charge is -2.41. The Kier molecular flexibility index (Phi) is 5.56. The van der Waals surface area contributed by atoms with Crippen molar-refractivity contribution in [2.24, 2.45) is 7.05 Å². The van der Waals surface area contributed by atoms with E-state index in [4.69, 9.17) is 4.98 Å². The van der Waals surface area contributed by atoms with Gasteiger partial charge in [-0.1, -0.05) is 6.07 Å². The van der Waals surface area contributed by atoms with Gasteiger partial charge in [0.1, 0.15) is 6.54 Å². The number of carbonyl (C=O) groups is 2. The monoisotopic (exact) mass is 473 g/mol. The van der Waals surface area contributed by atoms with E-state index in [9.17, 15) is 14.7 Å². The van der Waals surface area contributed by atoms with Crippen molar-refractivity contribution in [3.63, 3.8) is 0 Å². The number of fused-ring (bicyclic) bond motifs is 1. The lowest BCUT2D eigenvalue weighted by Crippen LogP contribution is -2.56. The van der Waals surface area contributed by atoms with Gasteiger partial charge in [0, 0.05) is 37.9 Å². The fraction of sp³-hybridized carbons (Fsp3) is 0.481. The van der Waals surface area contributed by atoms with Gasteiger partial charge in [-0.3, -0.25) is 14.6 Å². The van der Waals surface area contributed by atoms with Crippen LogP contribution >= 0.6 is 0 Å². The van der Waals surface area contributed by atoms with Crippen LogP contribution in [0.15, 0.2) is 36.5 Å². The number of hydrogen-bond donors (Lipinski definition) is 1. The molecule has 3 aliphatic rings. The van der Waals surface area contributed by atoms with E-state index in [2.05, 4.69) is 17.1 Å². The van der Waals surface area contributed by atoms with E-state index in [-0.39, 0.29) is 30.5 Å². The first kappa shape index (κ1) is 22.2. The summed E-state index contributed by atoms with van der Waals surface area (Å²) in [5, 5.41) is 9.79. The second-order valence-electron chi connectivity index (χ2n) is 10.2. The van der Waals surface area contributed by atoms with E-state index in [1.54, 1.807) is 11.1 Å². The van der Waals surface area contributed by atoms with Crippen molar-refractivity contribution in [3.05, 3.63) is 47.9 Å². The first-order valence-corrected chi connectivity index (χ1v) is 12.7. The van der Waals surface area contributed by atoms with Crippen LogP contribution in [0.1, 0.15) is 60.6 Å². The predicted octanol–water partition coefficient (Wildman–Crippen LogP) is 3.10. The number of aryl methyl sites for hydroxylation is 1. The molecule has 0 bridgehead atoms. The molecule has 8 nitrogen and oxygen atoms in total. The van der Waals surface area contributed by atoms with Crippen LogP contribution in [0.5, 0.6) is 0 Å². The summed E-state index contributed by atoms with van der Waals surface area (Å²) < 4.78 is 1.87. The van der Waals surface area contributed by atoms with Crippen LogP contribution in [0.25, 0.3) is 22.3 Å². The normalized spacial score (nSPS) is 23.2. The SMILES string of the molecule is Cn1c(C(=O)N2CCN([C@H]3CC[C@H](O)CC3)C(=O)C2)nc2c(-c3ccccn3)cc(C3CC3)cc21. The summed E-state index contributed by atoms with van der Waals surface area (Å²) in [7, 11) is 1.88. The van der Waals surface area contributed by atoms with E-state index in [0.717, 1.165) is 48.0 Å². The number of aliphatic hydroxyl groups is 1. The summed E-state index contributed by atoms with van der Waals surface area (Å²) >= 11 is 0. The zero-order valence-corrected chi connectivity index (χ0v) is 20.1. The number of piperazine rings is 1. The summed E-state index contributed by atoms with van der Waals surface area (Å²) in [5.41, 5.74) is 4.74. The zero-order chi connectivity index (χ0) is 24.1. The zero-order valence-electron chi connectivity index (χ0n) is 20.1. The minimum Gasteiger partial charge on any atom is -0.393 e. The quantitative estimate of drug-likeness (QED) is 0.629. The number of amides is 2. The molecule has 6 rings (SSSR count). The highest BCUT2D eigenvalue weighted by molar-refractivity contribution is 6.00. The van der Waals surface area contributed by atoms with Gasteiger partial charge in [0.2, 0.25) is 5.91 Å². The summed E-state index contributed by atoms with van der Waals surface area (Å²) in [5.74, 6) is 0.681. The van der Waals surface area contributed by atoms with Gasteiger partial charge < -0.3 is 19.5 Å². The van der Waals surface area contributed by atoms with Gasteiger partial charge >= 0.3 is 0 Å². The molecule has 1 aliphatic heterocycles. The Morgan fingerprint density at radius 3 is 2.54 bits per heavy atom. The summed E-state index contributed by atoms with van der Waals surface area (Å²) in [6.45, 7) is 1.09. The molecule has 0 radical (unpaired) electrons. The third-order valence-electron chi connectivity index (χ3n) is 7.84. The molecule has 1 N–H and O–H groups in total. The fourth-order valence-electron chi connectivity index (χ4n) is 5.63. The Balaban J connectivity index is 1.29. The first-order chi connectivity index (χ1) is 17.0. The van der Waals surface area contributed by atoms with Crippen molar-refractivity contribution in [1.29, 1.82) is 0 Å². The van der Waals surface area contributed by atoms with Crippen LogP contribution < -0.4 is 0 Å². The standard InChI is InChI=1S/C27H31N5O3/c1-30-23-15-18(17-5-6-17)14-21(22-4-2-3-11-28-22)25(23)29-26(30)27(35)31-12-13-32(24(34)16-31)19-7-9-20(33)10-8-19/h2-4,11,14-15,17,19-20,33H,5-10,12-13,16H2,1H3/t19-,20-. The highest BCUT2D eigenvalue weighted by atomic mass is 16.3. The molecule has 35 heavy (non-hydrogen) atoms. The number of carbonyl (C=O) groups excluding carboxylic acids is 2. The molecular formula is C27H31N5O3. The molecule has 1 aromatic carbocycles. The average Bonchev–Trinajstić information content (AvgIpc) is 3.68. The number of nitrogens with zero attached hydrogens (tertiary/aromatic N) is 5. The maximum absolute atomic E-state index is 13.6. The van der Waals surface area contributed by atoms with E-state index in [0.29, 0.717) is 24.8 Å². The topological polar surface area (TPSA) is 91.6 Å². The van der Waals surface area contributed by atoms with Gasteiger partial charge in [-0.15, -0.1) is 0 Å². The minimum atomic E-state index is -0.252. The van der Waals surface area contributed by atoms with Crippen molar-refractivity contribution < 1.29 is 14.7 Å². The summed E-state index contributed by atoms with van der Waals surface area (Å²) in [4.78, 5) is 39.4. The number of pyridine rings is 1. The Bertz CT molecular complexity index is 1270. The molecule has 2 aromatic heterocycles. The van der Waals surface area contributed by atoms with Crippen LogP contribution in [0.4, 0.5) is 0 Å². The van der Waals surface area contributed by atoms with Crippen molar-refractivity contribution in [2.75, 3.05) is 19.6 Å². The van der Waals surface area contributed by atoms with Crippen LogP contribution in [0.3, 0.4) is 0 Å². The number of aromatic nitrogens is 3. The van der Waals surface area contributed by atoms with E-state index >= 15 is 0 Å². The molecule has 0 atom stereocenters. The Morgan fingerprint density at radius 1 is 1.06 bits per heavy atom. The van der Waals surface area contributed by atoms with Gasteiger partial charge in [0.25, 0.3) is 5.91 Å². The predicted molar refractivity (Wildman–Crippen MR) is 132 cm³/mol. The lowest BCUT2D eigenvalue weighted by atomic mass is 9.91. The molecule has 0 spiro atoms. The number of rotatable bonds is 4. The molecule has 8 heteroatoms. The molecule has 2 aliphatic carbocycles. The van der Waals surface area contributed by atoms with Gasteiger partial charge in [-0.2, -0.15) is 0 Å². The Hall–Kier alpha value is -3.26. The van der Waals surface area contributed by atoms with Crippen LogP contribution in [0.2, 0.25) is 0 Å². The highest BCUT2D eigenvalue weighted by Gasteiger charge is 2.35. The van der Waals surface area contributed by atoms with Crippen molar-refractivity contribution in [2.45, 2.75) is 56.6 Å². The fourth-order valence-corrected chi connectivity index (χ4v) is 5.63. The highest BCUT2D eigenvalue weighted by Crippen LogP contribution is 2.43. The van der Waals surface area contributed by atoms with E-state index < -0.39 is 0 Å². The largest absolute Gasteiger partial charge is 0.393 e. The number of hydrogen-bond acceptors (Lipinski definition) is 5. The van der Waals surface area contributed by atoms with Crippen LogP contribution in [0, 0.1) is 0 Å². The van der Waals surface area contributed by atoms with Crippen molar-refractivity contribution in [3.8, 4) is 11.3 Å². The second-order valence-corrected chi connectivity index (χ2v) is 10.2. The Morgan fingerprint density at radius 2 is 1.86 bits per heavy atom. The lowest BCUT2D eigenvalue weighted by molar-refractivity contribution is -0.138. The number of imidazole rings is 1. The molecule has 2 amide bonds. The summed E-state index contributed by atoms with van der Waals surface area (Å²) in [6, 6.07) is 10.3. The maximum Gasteiger partial charge on any atom is 0.290 e. The van der Waals surface area contributed by atoms with Crippen LogP contribution in [-0.2, 0) is 11.8 Å². The number of aliphatic hydroxyl groups excluding tert-OH is 1. The maximum atomic E-state index is 13.6. The molecule has 1 saturated heterocycles. The molecule has 182 valence electrons. The second kappa shape index (κ2) is 8.75. The first-order valence-electron chi connectivity index (χ1n) is 12.7. The molecular weight excluding hydrogens is 442 g/mol. The third-order valence-corrected chi connectivity index (χ3v) is 7.84. The number of benzene rings is 1. The smallest absolute Gasteiger partial charge is 0.290 e.